The molecule has 1 aliphatic rings. The molecule has 4 nitrogen and oxygen atoms in total. The Bertz CT molecular complexity index is 579. The third-order valence-electron chi connectivity index (χ3n) is 4.10. The highest BCUT2D eigenvalue weighted by atomic mass is 16.3. The van der Waals surface area contributed by atoms with Crippen LogP contribution in [0.25, 0.3) is 0 Å². The van der Waals surface area contributed by atoms with Crippen LogP contribution in [0.1, 0.15) is 30.2 Å². The molecule has 20 heavy (non-hydrogen) atoms. The molecule has 2 aromatic rings. The third-order valence-corrected chi connectivity index (χ3v) is 4.10. The van der Waals surface area contributed by atoms with E-state index in [1.807, 2.05) is 36.1 Å². The maximum absolute atomic E-state index is 10.2. The SMILES string of the molecule is Cn1nccc1CCN1CCCC(O)c2ccccc21. The molecule has 3 rings (SSSR count). The van der Waals surface area contributed by atoms with Crippen LogP contribution >= 0.6 is 0 Å². The van der Waals surface area contributed by atoms with Crippen LogP contribution in [-0.4, -0.2) is 28.0 Å². The first-order chi connectivity index (χ1) is 9.75. The van der Waals surface area contributed by atoms with Gasteiger partial charge in [-0.3, -0.25) is 4.68 Å². The number of hydrogen-bond donors (Lipinski definition) is 1. The van der Waals surface area contributed by atoms with Crippen molar-refractivity contribution in [3.05, 3.63) is 47.8 Å². The summed E-state index contributed by atoms with van der Waals surface area (Å²) in [5.41, 5.74) is 3.49. The molecule has 1 aromatic heterocycles. The fraction of sp³-hybridized carbons (Fsp3) is 0.438. The lowest BCUT2D eigenvalue weighted by molar-refractivity contribution is 0.168. The minimum Gasteiger partial charge on any atom is -0.388 e. The second-order valence-corrected chi connectivity index (χ2v) is 5.40. The largest absolute Gasteiger partial charge is 0.388 e. The molecular formula is C16H21N3O. The van der Waals surface area contributed by atoms with Gasteiger partial charge in [0.05, 0.1) is 6.10 Å². The van der Waals surface area contributed by atoms with Gasteiger partial charge in [-0.15, -0.1) is 0 Å². The Morgan fingerprint density at radius 3 is 2.95 bits per heavy atom. The van der Waals surface area contributed by atoms with Gasteiger partial charge in [0.1, 0.15) is 0 Å². The van der Waals surface area contributed by atoms with Gasteiger partial charge in [-0.1, -0.05) is 18.2 Å². The van der Waals surface area contributed by atoms with Crippen LogP contribution in [0, 0.1) is 0 Å². The van der Waals surface area contributed by atoms with Crippen molar-refractivity contribution in [3.8, 4) is 0 Å². The highest BCUT2D eigenvalue weighted by Gasteiger charge is 2.20. The zero-order chi connectivity index (χ0) is 13.9. The van der Waals surface area contributed by atoms with Crippen LogP contribution in [0.5, 0.6) is 0 Å². The van der Waals surface area contributed by atoms with E-state index in [2.05, 4.69) is 22.1 Å². The van der Waals surface area contributed by atoms with Crippen molar-refractivity contribution in [2.24, 2.45) is 7.05 Å². The summed E-state index contributed by atoms with van der Waals surface area (Å²) >= 11 is 0. The minimum absolute atomic E-state index is 0.326. The second-order valence-electron chi connectivity index (χ2n) is 5.40. The van der Waals surface area contributed by atoms with E-state index in [1.165, 1.54) is 11.4 Å². The molecule has 0 radical (unpaired) electrons. The van der Waals surface area contributed by atoms with Crippen molar-refractivity contribution < 1.29 is 5.11 Å². The van der Waals surface area contributed by atoms with E-state index in [0.717, 1.165) is 37.9 Å². The van der Waals surface area contributed by atoms with Gasteiger partial charge >= 0.3 is 0 Å². The van der Waals surface area contributed by atoms with E-state index in [0.29, 0.717) is 0 Å². The van der Waals surface area contributed by atoms with Crippen molar-refractivity contribution in [2.75, 3.05) is 18.0 Å². The molecule has 1 N–H and O–H groups in total. The maximum Gasteiger partial charge on any atom is 0.0810 e. The lowest BCUT2D eigenvalue weighted by Gasteiger charge is -2.25. The molecule has 1 atom stereocenters. The number of aromatic nitrogens is 2. The summed E-state index contributed by atoms with van der Waals surface area (Å²) in [6.07, 6.45) is 4.37. The molecule has 0 bridgehead atoms. The minimum atomic E-state index is -0.326. The van der Waals surface area contributed by atoms with Gasteiger partial charge in [-0.05, 0) is 25.0 Å². The van der Waals surface area contributed by atoms with E-state index < -0.39 is 0 Å². The number of aliphatic hydroxyl groups excluding tert-OH is 1. The van der Waals surface area contributed by atoms with Gasteiger partial charge < -0.3 is 10.0 Å². The van der Waals surface area contributed by atoms with E-state index >= 15 is 0 Å². The number of nitrogens with zero attached hydrogens (tertiary/aromatic N) is 3. The van der Waals surface area contributed by atoms with Crippen molar-refractivity contribution >= 4 is 5.69 Å². The van der Waals surface area contributed by atoms with Crippen LogP contribution in [0.3, 0.4) is 0 Å². The third kappa shape index (κ3) is 2.56. The molecule has 0 amide bonds. The number of para-hydroxylation sites is 1. The first-order valence-electron chi connectivity index (χ1n) is 7.24. The Hall–Kier alpha value is -1.81. The molecule has 0 fully saturated rings. The summed E-state index contributed by atoms with van der Waals surface area (Å²) < 4.78 is 1.93. The van der Waals surface area contributed by atoms with Gasteiger partial charge in [-0.25, -0.2) is 0 Å². The Labute approximate surface area is 119 Å². The number of aryl methyl sites for hydroxylation is 1. The lowest BCUT2D eigenvalue weighted by Crippen LogP contribution is -2.27. The molecule has 0 saturated heterocycles. The fourth-order valence-electron chi connectivity index (χ4n) is 2.94. The predicted molar refractivity (Wildman–Crippen MR) is 79.8 cm³/mol. The average Bonchev–Trinajstić information content (AvgIpc) is 2.80. The first-order valence-corrected chi connectivity index (χ1v) is 7.24. The number of hydrogen-bond acceptors (Lipinski definition) is 3. The predicted octanol–water partition coefficient (Wildman–Crippen LogP) is 2.30. The summed E-state index contributed by atoms with van der Waals surface area (Å²) in [6, 6.07) is 10.3. The normalized spacial score (nSPS) is 18.7. The zero-order valence-electron chi connectivity index (χ0n) is 11.9. The standard InChI is InChI=1S/C16H21N3O/c1-18-13(8-10-17-18)9-12-19-11-4-7-16(20)14-5-2-3-6-15(14)19/h2-3,5-6,8,10,16,20H,4,7,9,11-12H2,1H3. The number of aliphatic hydroxyl groups is 1. The molecule has 1 aliphatic heterocycles. The van der Waals surface area contributed by atoms with Gasteiger partial charge in [0.2, 0.25) is 0 Å². The highest BCUT2D eigenvalue weighted by Crippen LogP contribution is 2.32. The smallest absolute Gasteiger partial charge is 0.0810 e. The second kappa shape index (κ2) is 5.67. The molecule has 1 unspecified atom stereocenters. The van der Waals surface area contributed by atoms with Crippen LogP contribution in [0.2, 0.25) is 0 Å². The molecule has 1 aromatic carbocycles. The molecule has 2 heterocycles. The van der Waals surface area contributed by atoms with Crippen molar-refractivity contribution in [1.29, 1.82) is 0 Å². The lowest BCUT2D eigenvalue weighted by atomic mass is 10.0. The molecular weight excluding hydrogens is 250 g/mol. The van der Waals surface area contributed by atoms with Crippen molar-refractivity contribution in [2.45, 2.75) is 25.4 Å². The summed E-state index contributed by atoms with van der Waals surface area (Å²) in [6.45, 7) is 1.97. The Morgan fingerprint density at radius 2 is 2.15 bits per heavy atom. The topological polar surface area (TPSA) is 41.3 Å². The van der Waals surface area contributed by atoms with Gasteiger partial charge in [-0.2, -0.15) is 5.10 Å². The monoisotopic (exact) mass is 271 g/mol. The summed E-state index contributed by atoms with van der Waals surface area (Å²) in [7, 11) is 1.98. The Balaban J connectivity index is 1.79. The van der Waals surface area contributed by atoms with Gasteiger partial charge in [0.15, 0.2) is 0 Å². The molecule has 0 spiro atoms. The van der Waals surface area contributed by atoms with Gasteiger partial charge in [0, 0.05) is 49.7 Å². The van der Waals surface area contributed by atoms with Crippen LogP contribution in [-0.2, 0) is 13.5 Å². The maximum atomic E-state index is 10.2. The highest BCUT2D eigenvalue weighted by molar-refractivity contribution is 5.55. The number of rotatable bonds is 3. The molecule has 0 saturated carbocycles. The van der Waals surface area contributed by atoms with E-state index in [-0.39, 0.29) is 6.10 Å². The van der Waals surface area contributed by atoms with Crippen LogP contribution in [0.15, 0.2) is 36.5 Å². The summed E-state index contributed by atoms with van der Waals surface area (Å²) in [5, 5.41) is 14.4. The molecule has 4 heteroatoms. The average molecular weight is 271 g/mol. The number of fused-ring (bicyclic) bond motifs is 1. The zero-order valence-corrected chi connectivity index (χ0v) is 11.9. The quantitative estimate of drug-likeness (QED) is 0.931. The molecule has 0 aliphatic carbocycles. The Kier molecular flexibility index (Phi) is 3.74. The first kappa shape index (κ1) is 13.2. The van der Waals surface area contributed by atoms with Crippen LogP contribution in [0.4, 0.5) is 5.69 Å². The van der Waals surface area contributed by atoms with E-state index in [1.54, 1.807) is 0 Å². The molecule has 106 valence electrons. The van der Waals surface area contributed by atoms with Gasteiger partial charge in [0.25, 0.3) is 0 Å². The fourth-order valence-corrected chi connectivity index (χ4v) is 2.94. The van der Waals surface area contributed by atoms with Crippen molar-refractivity contribution in [1.82, 2.24) is 9.78 Å². The van der Waals surface area contributed by atoms with Crippen LogP contribution < -0.4 is 4.90 Å². The van der Waals surface area contributed by atoms with Crippen molar-refractivity contribution in [3.63, 3.8) is 0 Å². The number of anilines is 1. The summed E-state index contributed by atoms with van der Waals surface area (Å²) in [5.74, 6) is 0. The number of benzene rings is 1. The Morgan fingerprint density at radius 1 is 1.30 bits per heavy atom. The van der Waals surface area contributed by atoms with E-state index in [9.17, 15) is 5.11 Å². The summed E-state index contributed by atoms with van der Waals surface area (Å²) in [4.78, 5) is 2.39. The van der Waals surface area contributed by atoms with E-state index in [4.69, 9.17) is 0 Å².